The Morgan fingerprint density at radius 3 is 2.79 bits per heavy atom. The summed E-state index contributed by atoms with van der Waals surface area (Å²) in [7, 11) is 1.70. The molecule has 1 rings (SSSR count). The minimum Gasteiger partial charge on any atom is -0.385 e. The van der Waals surface area contributed by atoms with E-state index in [1.54, 1.807) is 7.11 Å². The Labute approximate surface area is 89.2 Å². The van der Waals surface area contributed by atoms with E-state index in [9.17, 15) is 0 Å². The third kappa shape index (κ3) is 2.45. The number of nitrogens with zero attached hydrogens (tertiary/aromatic N) is 3. The van der Waals surface area contributed by atoms with Crippen LogP contribution < -0.4 is 0 Å². The average Bonchev–Trinajstić information content (AvgIpc) is 2.56. The van der Waals surface area contributed by atoms with Crippen molar-refractivity contribution < 1.29 is 4.74 Å². The first kappa shape index (κ1) is 11.5. The Morgan fingerprint density at radius 1 is 1.57 bits per heavy atom. The average molecular weight is 218 g/mol. The zero-order valence-corrected chi connectivity index (χ0v) is 9.58. The van der Waals surface area contributed by atoms with Crippen molar-refractivity contribution >= 4 is 11.6 Å². The monoisotopic (exact) mass is 217 g/mol. The van der Waals surface area contributed by atoms with Crippen LogP contribution in [0.5, 0.6) is 0 Å². The first-order chi connectivity index (χ1) is 6.70. The number of aromatic nitrogens is 3. The molecule has 0 N–H and O–H groups in total. The number of alkyl halides is 1. The lowest BCUT2D eigenvalue weighted by Crippen LogP contribution is -2.11. The predicted molar refractivity (Wildman–Crippen MR) is 55.5 cm³/mol. The van der Waals surface area contributed by atoms with E-state index in [1.165, 1.54) is 0 Å². The topological polar surface area (TPSA) is 39.9 Å². The van der Waals surface area contributed by atoms with Gasteiger partial charge in [0.25, 0.3) is 0 Å². The van der Waals surface area contributed by atoms with Crippen molar-refractivity contribution in [1.82, 2.24) is 15.0 Å². The maximum atomic E-state index is 5.71. The van der Waals surface area contributed by atoms with Crippen molar-refractivity contribution in [3.63, 3.8) is 0 Å². The number of rotatable bonds is 5. The Bertz CT molecular complexity index is 288. The Kier molecular flexibility index (Phi) is 4.35. The van der Waals surface area contributed by atoms with Gasteiger partial charge in [-0.2, -0.15) is 0 Å². The van der Waals surface area contributed by atoms with Crippen LogP contribution in [0, 0.1) is 6.92 Å². The van der Waals surface area contributed by atoms with E-state index in [-0.39, 0.29) is 0 Å². The molecule has 1 heterocycles. The first-order valence-corrected chi connectivity index (χ1v) is 5.19. The molecule has 0 saturated carbocycles. The summed E-state index contributed by atoms with van der Waals surface area (Å²) in [5.41, 5.74) is 1.90. The lowest BCUT2D eigenvalue weighted by atomic mass is 10.2. The van der Waals surface area contributed by atoms with Gasteiger partial charge in [-0.1, -0.05) is 5.21 Å². The number of hydrogen-bond donors (Lipinski definition) is 0. The van der Waals surface area contributed by atoms with E-state index < -0.39 is 0 Å². The molecule has 0 saturated heterocycles. The van der Waals surface area contributed by atoms with Crippen LogP contribution in [0.25, 0.3) is 0 Å². The zero-order chi connectivity index (χ0) is 10.6. The molecule has 1 aromatic rings. The fourth-order valence-electron chi connectivity index (χ4n) is 1.33. The summed E-state index contributed by atoms with van der Waals surface area (Å²) in [5.74, 6) is 0.419. The summed E-state index contributed by atoms with van der Waals surface area (Å²) in [6.07, 6.45) is 0.933. The van der Waals surface area contributed by atoms with Crippen LogP contribution in [0.2, 0.25) is 0 Å². The van der Waals surface area contributed by atoms with Crippen LogP contribution in [0.15, 0.2) is 0 Å². The van der Waals surface area contributed by atoms with Crippen molar-refractivity contribution in [3.05, 3.63) is 11.4 Å². The molecular weight excluding hydrogens is 202 g/mol. The van der Waals surface area contributed by atoms with Gasteiger partial charge in [-0.15, -0.1) is 16.7 Å². The van der Waals surface area contributed by atoms with Crippen molar-refractivity contribution in [2.45, 2.75) is 32.2 Å². The van der Waals surface area contributed by atoms with E-state index in [4.69, 9.17) is 16.3 Å². The Hall–Kier alpha value is -0.610. The molecule has 1 unspecified atom stereocenters. The van der Waals surface area contributed by atoms with Gasteiger partial charge < -0.3 is 4.74 Å². The van der Waals surface area contributed by atoms with Crippen molar-refractivity contribution in [2.75, 3.05) is 13.7 Å². The molecule has 0 fully saturated rings. The summed E-state index contributed by atoms with van der Waals surface area (Å²) >= 11 is 5.71. The van der Waals surface area contributed by atoms with Gasteiger partial charge in [-0.25, -0.2) is 4.68 Å². The highest BCUT2D eigenvalue weighted by Crippen LogP contribution is 2.15. The summed E-state index contributed by atoms with van der Waals surface area (Å²) in [6.45, 7) is 4.82. The molecule has 0 aliphatic carbocycles. The molecule has 0 spiro atoms. The summed E-state index contributed by atoms with van der Waals surface area (Å²) in [6, 6.07) is 0.305. The fraction of sp³-hybridized carbons (Fsp3) is 0.778. The second-order valence-electron chi connectivity index (χ2n) is 3.33. The van der Waals surface area contributed by atoms with Gasteiger partial charge in [0.05, 0.1) is 17.6 Å². The van der Waals surface area contributed by atoms with Crippen LogP contribution >= 0.6 is 11.6 Å². The van der Waals surface area contributed by atoms with Crippen molar-refractivity contribution in [3.8, 4) is 0 Å². The molecule has 0 aliphatic rings. The number of halogens is 1. The molecule has 1 aromatic heterocycles. The second kappa shape index (κ2) is 5.32. The number of ether oxygens (including phenoxy) is 1. The molecule has 80 valence electrons. The van der Waals surface area contributed by atoms with Crippen LogP contribution in [0.3, 0.4) is 0 Å². The van der Waals surface area contributed by atoms with Gasteiger partial charge in [0.1, 0.15) is 5.69 Å². The SMILES string of the molecule is COCCC(C)n1nnc(CCl)c1C. The summed E-state index contributed by atoms with van der Waals surface area (Å²) < 4.78 is 6.92. The molecular formula is C9H16ClN3O. The van der Waals surface area contributed by atoms with E-state index in [0.717, 1.165) is 24.4 Å². The highest BCUT2D eigenvalue weighted by molar-refractivity contribution is 6.16. The largest absolute Gasteiger partial charge is 0.385 e. The lowest BCUT2D eigenvalue weighted by molar-refractivity contribution is 0.178. The normalized spacial score (nSPS) is 13.1. The van der Waals surface area contributed by atoms with Gasteiger partial charge in [0.2, 0.25) is 0 Å². The standard InChI is InChI=1S/C9H16ClN3O/c1-7(4-5-14-3)13-8(2)9(6-10)11-12-13/h7H,4-6H2,1-3H3. The zero-order valence-electron chi connectivity index (χ0n) is 8.83. The molecule has 1 atom stereocenters. The van der Waals surface area contributed by atoms with E-state index in [1.807, 2.05) is 11.6 Å². The van der Waals surface area contributed by atoms with Crippen LogP contribution in [-0.4, -0.2) is 28.7 Å². The van der Waals surface area contributed by atoms with Gasteiger partial charge in [-0.05, 0) is 20.3 Å². The van der Waals surface area contributed by atoms with Gasteiger partial charge in [0, 0.05) is 13.7 Å². The number of hydrogen-bond acceptors (Lipinski definition) is 3. The molecule has 0 aliphatic heterocycles. The van der Waals surface area contributed by atoms with Crippen LogP contribution in [0.4, 0.5) is 0 Å². The van der Waals surface area contributed by atoms with Crippen LogP contribution in [-0.2, 0) is 10.6 Å². The Balaban J connectivity index is 2.69. The smallest absolute Gasteiger partial charge is 0.100 e. The van der Waals surface area contributed by atoms with Crippen LogP contribution in [0.1, 0.15) is 30.8 Å². The van der Waals surface area contributed by atoms with Gasteiger partial charge in [-0.3, -0.25) is 0 Å². The number of methoxy groups -OCH3 is 1. The minimum absolute atomic E-state index is 0.305. The molecule has 5 heteroatoms. The van der Waals surface area contributed by atoms with E-state index >= 15 is 0 Å². The van der Waals surface area contributed by atoms with Crippen molar-refractivity contribution in [1.29, 1.82) is 0 Å². The maximum absolute atomic E-state index is 5.71. The quantitative estimate of drug-likeness (QED) is 0.708. The predicted octanol–water partition coefficient (Wildman–Crippen LogP) is 1.92. The lowest BCUT2D eigenvalue weighted by Gasteiger charge is -2.12. The summed E-state index contributed by atoms with van der Waals surface area (Å²) in [4.78, 5) is 0. The third-order valence-electron chi connectivity index (χ3n) is 2.31. The molecule has 0 aromatic carbocycles. The van der Waals surface area contributed by atoms with Gasteiger partial charge in [0.15, 0.2) is 0 Å². The maximum Gasteiger partial charge on any atom is 0.100 e. The fourth-order valence-corrected chi connectivity index (χ4v) is 1.57. The highest BCUT2D eigenvalue weighted by atomic mass is 35.5. The third-order valence-corrected chi connectivity index (χ3v) is 2.56. The summed E-state index contributed by atoms with van der Waals surface area (Å²) in [5, 5.41) is 8.07. The van der Waals surface area contributed by atoms with Crippen molar-refractivity contribution in [2.24, 2.45) is 0 Å². The van der Waals surface area contributed by atoms with Gasteiger partial charge >= 0.3 is 0 Å². The molecule has 0 amide bonds. The molecule has 14 heavy (non-hydrogen) atoms. The minimum atomic E-state index is 0.305. The first-order valence-electron chi connectivity index (χ1n) is 4.66. The van der Waals surface area contributed by atoms with E-state index in [2.05, 4.69) is 17.2 Å². The molecule has 0 bridgehead atoms. The van der Waals surface area contributed by atoms with E-state index in [0.29, 0.717) is 11.9 Å². The molecule has 4 nitrogen and oxygen atoms in total. The molecule has 0 radical (unpaired) electrons. The second-order valence-corrected chi connectivity index (χ2v) is 3.60. The Morgan fingerprint density at radius 2 is 2.29 bits per heavy atom. The highest BCUT2D eigenvalue weighted by Gasteiger charge is 2.12.